The van der Waals surface area contributed by atoms with E-state index < -0.39 is 88.4 Å². The molecular formula is C33H36F2O11. The maximum Gasteiger partial charge on any atom is 0.514 e. The van der Waals surface area contributed by atoms with Gasteiger partial charge in [-0.25, -0.2) is 18.4 Å². The van der Waals surface area contributed by atoms with Gasteiger partial charge in [0.15, 0.2) is 40.9 Å². The number of aliphatic hydroxyl groups excluding tert-OH is 1. The van der Waals surface area contributed by atoms with Gasteiger partial charge in [0.05, 0.1) is 24.9 Å². The molecule has 46 heavy (non-hydrogen) atoms. The first kappa shape index (κ1) is 32.3. The lowest BCUT2D eigenvalue weighted by Crippen LogP contribution is -2.71. The molecule has 1 aromatic rings. The summed E-state index contributed by atoms with van der Waals surface area (Å²) in [5, 5.41) is 20.9. The number of carbonyl (C=O) groups excluding carboxylic acids is 3. The molecule has 0 bridgehead atoms. The molecule has 2 unspecified atom stereocenters. The lowest BCUT2D eigenvalue weighted by Gasteiger charge is -2.63. The van der Waals surface area contributed by atoms with Crippen LogP contribution in [0, 0.1) is 22.7 Å². The van der Waals surface area contributed by atoms with E-state index in [-0.39, 0.29) is 41.9 Å². The van der Waals surface area contributed by atoms with Gasteiger partial charge in [0.25, 0.3) is 0 Å². The van der Waals surface area contributed by atoms with E-state index in [4.69, 9.17) is 23.7 Å². The van der Waals surface area contributed by atoms with Crippen molar-refractivity contribution in [3.05, 3.63) is 47.6 Å². The quantitative estimate of drug-likeness (QED) is 0.336. The Labute approximate surface area is 263 Å². The van der Waals surface area contributed by atoms with Crippen LogP contribution in [0.1, 0.15) is 57.3 Å². The molecule has 1 aromatic carbocycles. The zero-order chi connectivity index (χ0) is 33.6. The van der Waals surface area contributed by atoms with Crippen molar-refractivity contribution >= 4 is 23.7 Å². The fourth-order valence-electron chi connectivity index (χ4n) is 9.04. The Kier molecular flexibility index (Phi) is 7.30. The summed E-state index contributed by atoms with van der Waals surface area (Å²) in [7, 11) is 1.25. The lowest BCUT2D eigenvalue weighted by atomic mass is 9.44. The number of rotatable bonds is 6. The number of hydrogen-bond acceptors (Lipinski definition) is 10. The third-order valence-corrected chi connectivity index (χ3v) is 11.0. The summed E-state index contributed by atoms with van der Waals surface area (Å²) >= 11 is 0. The second-order valence-corrected chi connectivity index (χ2v) is 13.7. The largest absolute Gasteiger partial charge is 0.514 e. The van der Waals surface area contributed by atoms with E-state index in [0.29, 0.717) is 0 Å². The van der Waals surface area contributed by atoms with E-state index in [1.807, 2.05) is 0 Å². The first-order chi connectivity index (χ1) is 21.4. The zero-order valence-electron chi connectivity index (χ0n) is 26.0. The van der Waals surface area contributed by atoms with E-state index in [2.05, 4.69) is 0 Å². The topological polar surface area (TPSA) is 155 Å². The Morgan fingerprint density at radius 1 is 1.09 bits per heavy atom. The van der Waals surface area contributed by atoms with Gasteiger partial charge in [-0.2, -0.15) is 0 Å². The number of allylic oxidation sites excluding steroid dienone is 4. The van der Waals surface area contributed by atoms with E-state index in [0.717, 1.165) is 12.1 Å². The maximum absolute atomic E-state index is 17.6. The molecule has 0 aromatic heterocycles. The van der Waals surface area contributed by atoms with Gasteiger partial charge in [-0.15, -0.1) is 0 Å². The van der Waals surface area contributed by atoms with Crippen molar-refractivity contribution in [1.29, 1.82) is 0 Å². The van der Waals surface area contributed by atoms with Crippen LogP contribution in [0.25, 0.3) is 0 Å². The summed E-state index contributed by atoms with van der Waals surface area (Å²) in [5.41, 5.74) is -7.17. The minimum atomic E-state index is -2.36. The molecule has 4 fully saturated rings. The highest BCUT2D eigenvalue weighted by Gasteiger charge is 2.80. The highest BCUT2D eigenvalue weighted by atomic mass is 19.1. The SMILES string of the molecule is COc1cc(C(=O)O)ccc1OC(=O)OCC(=O)[C@@]12OC(C)(C)O[C@@H]1CC1C3C[C@H](F)C4=CC(=O)C=C[C@]4(C)[C@@]3(F)[C@@H](O)C[C@@]12C. The standard InChI is InChI=1S/C33H36F2O11/c1-29(2)45-26-13-18-19-12-21(34)20-11-17(36)8-9-30(20,3)32(19,35)24(37)14-31(18,4)33(26,46-29)25(38)15-43-28(41)44-22-7-6-16(27(39)40)10-23(22)42-5/h6-11,18-19,21,24,26,37H,12-15H2,1-5H3,(H,39,40)/t18?,19?,21-,24-,26+,30-,31-,32-,33+/m0/s1. The van der Waals surface area contributed by atoms with Crippen molar-refractivity contribution in [1.82, 2.24) is 0 Å². The van der Waals surface area contributed by atoms with Crippen LogP contribution in [-0.4, -0.2) is 83.1 Å². The molecule has 1 saturated heterocycles. The van der Waals surface area contributed by atoms with Crippen molar-refractivity contribution in [2.24, 2.45) is 22.7 Å². The van der Waals surface area contributed by atoms with Crippen molar-refractivity contribution in [2.75, 3.05) is 13.7 Å². The molecule has 248 valence electrons. The summed E-state index contributed by atoms with van der Waals surface area (Å²) in [6, 6.07) is 3.55. The molecule has 0 radical (unpaired) electrons. The van der Waals surface area contributed by atoms with Crippen LogP contribution in [-0.2, 0) is 23.8 Å². The Hall–Kier alpha value is -3.68. The smallest absolute Gasteiger partial charge is 0.493 e. The van der Waals surface area contributed by atoms with Gasteiger partial charge in [-0.3, -0.25) is 9.59 Å². The van der Waals surface area contributed by atoms with Gasteiger partial charge >= 0.3 is 12.1 Å². The minimum absolute atomic E-state index is 0.0137. The molecule has 1 aliphatic heterocycles. The summed E-state index contributed by atoms with van der Waals surface area (Å²) in [4.78, 5) is 50.3. The van der Waals surface area contributed by atoms with Crippen LogP contribution in [0.15, 0.2) is 42.0 Å². The Morgan fingerprint density at radius 3 is 2.48 bits per heavy atom. The lowest BCUT2D eigenvalue weighted by molar-refractivity contribution is -0.248. The number of carbonyl (C=O) groups is 4. The van der Waals surface area contributed by atoms with Crippen molar-refractivity contribution in [3.8, 4) is 11.5 Å². The van der Waals surface area contributed by atoms with Gasteiger partial charge in [-0.1, -0.05) is 13.0 Å². The predicted octanol–water partition coefficient (Wildman–Crippen LogP) is 4.30. The van der Waals surface area contributed by atoms with Gasteiger partial charge in [-0.05, 0) is 81.9 Å². The number of methoxy groups -OCH3 is 1. The second kappa shape index (κ2) is 10.4. The first-order valence-electron chi connectivity index (χ1n) is 15.1. The number of carboxylic acid groups (broad SMARTS) is 1. The van der Waals surface area contributed by atoms with Crippen LogP contribution in [0.3, 0.4) is 0 Å². The number of ether oxygens (including phenoxy) is 5. The number of hydrogen-bond donors (Lipinski definition) is 2. The van der Waals surface area contributed by atoms with E-state index in [1.54, 1.807) is 20.8 Å². The number of alkyl halides is 2. The monoisotopic (exact) mass is 646 g/mol. The first-order valence-corrected chi connectivity index (χ1v) is 15.1. The van der Waals surface area contributed by atoms with E-state index in [1.165, 1.54) is 38.3 Å². The van der Waals surface area contributed by atoms with Crippen LogP contribution >= 0.6 is 0 Å². The Balaban J connectivity index is 1.29. The molecule has 13 heteroatoms. The Bertz CT molecular complexity index is 1590. The molecule has 4 aliphatic carbocycles. The van der Waals surface area contributed by atoms with Crippen LogP contribution in [0.5, 0.6) is 11.5 Å². The molecule has 11 nitrogen and oxygen atoms in total. The minimum Gasteiger partial charge on any atom is -0.493 e. The molecule has 6 rings (SSSR count). The maximum atomic E-state index is 17.6. The zero-order valence-corrected chi connectivity index (χ0v) is 26.0. The van der Waals surface area contributed by atoms with E-state index >= 15 is 8.78 Å². The van der Waals surface area contributed by atoms with Crippen molar-refractivity contribution < 1.29 is 61.9 Å². The van der Waals surface area contributed by atoms with Gasteiger partial charge in [0.1, 0.15) is 6.17 Å². The fraction of sp³-hybridized carbons (Fsp3) is 0.576. The summed E-state index contributed by atoms with van der Waals surface area (Å²) in [6.45, 7) is 5.56. The average Bonchev–Trinajstić information content (AvgIpc) is 3.40. The highest BCUT2D eigenvalue weighted by Crippen LogP contribution is 2.72. The molecular weight excluding hydrogens is 610 g/mol. The van der Waals surface area contributed by atoms with Crippen LogP contribution in [0.4, 0.5) is 13.6 Å². The average molecular weight is 647 g/mol. The molecule has 2 N–H and O–H groups in total. The van der Waals surface area contributed by atoms with Crippen LogP contribution in [0.2, 0.25) is 0 Å². The summed E-state index contributed by atoms with van der Waals surface area (Å²) in [5.74, 6) is -5.63. The molecule has 9 atom stereocenters. The molecule has 5 aliphatic rings. The molecule has 0 spiro atoms. The molecule has 1 heterocycles. The summed E-state index contributed by atoms with van der Waals surface area (Å²) in [6.07, 6.45) is -2.39. The number of ketones is 2. The van der Waals surface area contributed by atoms with E-state index in [9.17, 15) is 29.4 Å². The molecule has 3 saturated carbocycles. The third kappa shape index (κ3) is 4.31. The van der Waals surface area contributed by atoms with Crippen LogP contribution < -0.4 is 9.47 Å². The number of aromatic carboxylic acids is 1. The normalized spacial score (nSPS) is 40.1. The fourth-order valence-corrected chi connectivity index (χ4v) is 9.04. The highest BCUT2D eigenvalue weighted by molar-refractivity contribution is 6.01. The molecule has 0 amide bonds. The second-order valence-electron chi connectivity index (χ2n) is 13.7. The number of benzene rings is 1. The number of halogens is 2. The van der Waals surface area contributed by atoms with Gasteiger partial charge in [0.2, 0.25) is 5.78 Å². The van der Waals surface area contributed by atoms with Crippen molar-refractivity contribution in [3.63, 3.8) is 0 Å². The Morgan fingerprint density at radius 2 is 1.80 bits per heavy atom. The number of aliphatic hydroxyl groups is 1. The number of Topliss-reactive ketones (excluding diaryl/α,β-unsaturated/α-hetero) is 1. The third-order valence-electron chi connectivity index (χ3n) is 11.0. The van der Waals surface area contributed by atoms with Gasteiger partial charge in [0, 0.05) is 16.7 Å². The number of fused-ring (bicyclic) bond motifs is 7. The van der Waals surface area contributed by atoms with Crippen molar-refractivity contribution in [2.45, 2.75) is 82.4 Å². The van der Waals surface area contributed by atoms with Gasteiger partial charge < -0.3 is 33.9 Å². The predicted molar refractivity (Wildman–Crippen MR) is 154 cm³/mol. The number of carboxylic acids is 1. The summed E-state index contributed by atoms with van der Waals surface area (Å²) < 4.78 is 61.4.